The number of alkyl halides is 3. The molecule has 0 radical (unpaired) electrons. The minimum atomic E-state index is -4.42. The molecule has 0 aromatic heterocycles. The largest absolute Gasteiger partial charge is 0.486 e. The Kier molecular flexibility index (Phi) is 3.50. The van der Waals surface area contributed by atoms with Crippen LogP contribution in [0.5, 0.6) is 11.5 Å². The Morgan fingerprint density at radius 1 is 1.10 bits per heavy atom. The second kappa shape index (κ2) is 5.16. The van der Waals surface area contributed by atoms with Crippen molar-refractivity contribution < 1.29 is 22.6 Å². The molecule has 0 saturated carbocycles. The number of rotatable bonds is 1. The number of hydrogen-bond donors (Lipinski definition) is 1. The van der Waals surface area contributed by atoms with E-state index in [4.69, 9.17) is 9.47 Å². The van der Waals surface area contributed by atoms with Crippen molar-refractivity contribution in [2.45, 2.75) is 24.9 Å². The van der Waals surface area contributed by atoms with Crippen LogP contribution >= 0.6 is 0 Å². The van der Waals surface area contributed by atoms with E-state index in [9.17, 15) is 13.2 Å². The zero-order valence-corrected chi connectivity index (χ0v) is 10.9. The summed E-state index contributed by atoms with van der Waals surface area (Å²) < 4.78 is 49.7. The second-order valence-corrected chi connectivity index (χ2v) is 5.10. The number of nitrogens with one attached hydrogen (secondary N) is 1. The van der Waals surface area contributed by atoms with Crippen LogP contribution in [-0.4, -0.2) is 26.3 Å². The molecule has 0 spiro atoms. The van der Waals surface area contributed by atoms with Crippen molar-refractivity contribution in [2.75, 3.05) is 26.3 Å². The predicted molar refractivity (Wildman–Crippen MR) is 67.3 cm³/mol. The van der Waals surface area contributed by atoms with Crippen LogP contribution in [0, 0.1) is 0 Å². The highest BCUT2D eigenvalue weighted by molar-refractivity contribution is 5.55. The fourth-order valence-electron chi connectivity index (χ4n) is 2.82. The Balaban J connectivity index is 2.04. The molecule has 1 unspecified atom stereocenters. The molecule has 110 valence electrons. The van der Waals surface area contributed by atoms with Crippen LogP contribution in [0.25, 0.3) is 0 Å². The summed E-state index contributed by atoms with van der Waals surface area (Å²) in [5, 5.41) is 3.27. The molecule has 3 nitrogen and oxygen atoms in total. The molecule has 0 amide bonds. The van der Waals surface area contributed by atoms with E-state index in [-0.39, 0.29) is 24.0 Å². The van der Waals surface area contributed by atoms with Crippen LogP contribution in [0.2, 0.25) is 0 Å². The van der Waals surface area contributed by atoms with Gasteiger partial charge in [0.15, 0.2) is 11.5 Å². The average molecular weight is 287 g/mol. The summed E-state index contributed by atoms with van der Waals surface area (Å²) in [5.74, 6) is 0.313. The number of hydrogen-bond acceptors (Lipinski definition) is 3. The van der Waals surface area contributed by atoms with E-state index >= 15 is 0 Å². The molecule has 1 atom stereocenters. The molecule has 2 heterocycles. The molecular formula is C14H16F3NO2. The topological polar surface area (TPSA) is 30.5 Å². The van der Waals surface area contributed by atoms with E-state index < -0.39 is 11.7 Å². The molecule has 0 aliphatic carbocycles. The van der Waals surface area contributed by atoms with Crippen molar-refractivity contribution in [1.29, 1.82) is 0 Å². The summed E-state index contributed by atoms with van der Waals surface area (Å²) in [4.78, 5) is 0. The molecule has 1 fully saturated rings. The van der Waals surface area contributed by atoms with Gasteiger partial charge in [0.25, 0.3) is 0 Å². The summed E-state index contributed by atoms with van der Waals surface area (Å²) in [6.45, 7) is 2.17. The van der Waals surface area contributed by atoms with Gasteiger partial charge in [-0.2, -0.15) is 13.2 Å². The lowest BCUT2D eigenvalue weighted by atomic mass is 9.89. The first-order valence-electron chi connectivity index (χ1n) is 6.78. The zero-order chi connectivity index (χ0) is 14.2. The lowest BCUT2D eigenvalue weighted by molar-refractivity contribution is -0.139. The third kappa shape index (κ3) is 2.44. The molecule has 2 aliphatic heterocycles. The highest BCUT2D eigenvalue weighted by Crippen LogP contribution is 2.47. The van der Waals surface area contributed by atoms with Gasteiger partial charge in [-0.3, -0.25) is 0 Å². The first-order chi connectivity index (χ1) is 9.57. The van der Waals surface area contributed by atoms with Crippen molar-refractivity contribution in [3.05, 3.63) is 23.3 Å². The first kappa shape index (κ1) is 13.5. The molecule has 0 bridgehead atoms. The van der Waals surface area contributed by atoms with Crippen LogP contribution in [0.1, 0.15) is 29.9 Å². The maximum Gasteiger partial charge on any atom is 0.420 e. The van der Waals surface area contributed by atoms with E-state index in [2.05, 4.69) is 5.32 Å². The molecule has 1 N–H and O–H groups in total. The Morgan fingerprint density at radius 3 is 2.50 bits per heavy atom. The normalized spacial score (nSPS) is 22.6. The van der Waals surface area contributed by atoms with Gasteiger partial charge < -0.3 is 14.8 Å². The van der Waals surface area contributed by atoms with E-state index in [1.807, 2.05) is 0 Å². The molecular weight excluding hydrogens is 271 g/mol. The van der Waals surface area contributed by atoms with Gasteiger partial charge in [0, 0.05) is 18.0 Å². The minimum absolute atomic E-state index is 0.146. The van der Waals surface area contributed by atoms with E-state index in [0.717, 1.165) is 37.6 Å². The van der Waals surface area contributed by atoms with Gasteiger partial charge in [0.05, 0.1) is 0 Å². The average Bonchev–Trinajstić information content (AvgIpc) is 2.46. The number of fused-ring (bicyclic) bond motifs is 1. The van der Waals surface area contributed by atoms with Gasteiger partial charge in [-0.25, -0.2) is 0 Å². The van der Waals surface area contributed by atoms with E-state index in [1.54, 1.807) is 0 Å². The van der Waals surface area contributed by atoms with Crippen LogP contribution < -0.4 is 14.8 Å². The smallest absolute Gasteiger partial charge is 0.420 e. The van der Waals surface area contributed by atoms with Crippen LogP contribution in [0.3, 0.4) is 0 Å². The molecule has 1 aromatic rings. The van der Waals surface area contributed by atoms with Crippen molar-refractivity contribution >= 4 is 0 Å². The molecule has 2 aliphatic rings. The number of benzene rings is 1. The SMILES string of the molecule is FC(F)(F)c1ccc(C2CCCNC2)c2c1OCCO2. The lowest BCUT2D eigenvalue weighted by Gasteiger charge is -2.29. The van der Waals surface area contributed by atoms with Crippen molar-refractivity contribution in [1.82, 2.24) is 5.32 Å². The van der Waals surface area contributed by atoms with Crippen molar-refractivity contribution in [3.63, 3.8) is 0 Å². The number of piperidine rings is 1. The Morgan fingerprint density at radius 2 is 1.85 bits per heavy atom. The summed E-state index contributed by atoms with van der Waals surface area (Å²) >= 11 is 0. The Bertz CT molecular complexity index is 496. The Labute approximate surface area is 115 Å². The molecule has 20 heavy (non-hydrogen) atoms. The van der Waals surface area contributed by atoms with Gasteiger partial charge >= 0.3 is 6.18 Å². The maximum absolute atomic E-state index is 13.0. The highest BCUT2D eigenvalue weighted by atomic mass is 19.4. The summed E-state index contributed by atoms with van der Waals surface area (Å²) in [6.07, 6.45) is -2.45. The third-order valence-corrected chi connectivity index (χ3v) is 3.76. The van der Waals surface area contributed by atoms with Gasteiger partial charge in [0.1, 0.15) is 18.8 Å². The van der Waals surface area contributed by atoms with Gasteiger partial charge in [-0.05, 0) is 25.5 Å². The van der Waals surface area contributed by atoms with Gasteiger partial charge in [-0.15, -0.1) is 0 Å². The second-order valence-electron chi connectivity index (χ2n) is 5.10. The number of ether oxygens (including phenoxy) is 2. The highest BCUT2D eigenvalue weighted by Gasteiger charge is 2.38. The summed E-state index contributed by atoms with van der Waals surface area (Å²) in [6, 6.07) is 2.64. The maximum atomic E-state index is 13.0. The van der Waals surface area contributed by atoms with Crippen LogP contribution in [0.15, 0.2) is 12.1 Å². The minimum Gasteiger partial charge on any atom is -0.486 e. The van der Waals surface area contributed by atoms with Gasteiger partial charge in [-0.1, -0.05) is 6.07 Å². The molecule has 3 rings (SSSR count). The van der Waals surface area contributed by atoms with Crippen molar-refractivity contribution in [2.24, 2.45) is 0 Å². The number of halogens is 3. The first-order valence-corrected chi connectivity index (χ1v) is 6.78. The summed E-state index contributed by atoms with van der Waals surface area (Å²) in [7, 11) is 0. The quantitative estimate of drug-likeness (QED) is 0.861. The van der Waals surface area contributed by atoms with E-state index in [0.29, 0.717) is 6.61 Å². The van der Waals surface area contributed by atoms with Crippen LogP contribution in [-0.2, 0) is 6.18 Å². The third-order valence-electron chi connectivity index (χ3n) is 3.76. The lowest BCUT2D eigenvalue weighted by Crippen LogP contribution is -2.29. The zero-order valence-electron chi connectivity index (χ0n) is 10.9. The predicted octanol–water partition coefficient (Wildman–Crippen LogP) is 2.94. The van der Waals surface area contributed by atoms with Gasteiger partial charge in [0.2, 0.25) is 0 Å². The van der Waals surface area contributed by atoms with E-state index in [1.165, 1.54) is 6.07 Å². The standard InChI is InChI=1S/C14H16F3NO2/c15-14(16,17)11-4-3-10(9-2-1-5-18-8-9)12-13(11)20-7-6-19-12/h3-4,9,18H,1-2,5-8H2. The van der Waals surface area contributed by atoms with Crippen LogP contribution in [0.4, 0.5) is 13.2 Å². The molecule has 1 saturated heterocycles. The fraction of sp³-hybridized carbons (Fsp3) is 0.571. The monoisotopic (exact) mass is 287 g/mol. The Hall–Kier alpha value is -1.43. The summed E-state index contributed by atoms with van der Waals surface area (Å²) in [5.41, 5.74) is 0.0691. The molecule has 1 aromatic carbocycles. The fourth-order valence-corrected chi connectivity index (χ4v) is 2.82. The van der Waals surface area contributed by atoms with Crippen molar-refractivity contribution in [3.8, 4) is 11.5 Å². The molecule has 6 heteroatoms.